The summed E-state index contributed by atoms with van der Waals surface area (Å²) in [6.45, 7) is 5.65. The fourth-order valence-electron chi connectivity index (χ4n) is 0. The zero-order valence-electron chi connectivity index (χ0n) is 6.04. The number of hydrogen-bond acceptors (Lipinski definition) is 1. The molecule has 0 aliphatic carbocycles. The fourth-order valence-corrected chi connectivity index (χ4v) is 0. The molecule has 0 aliphatic heterocycles. The van der Waals surface area contributed by atoms with Gasteiger partial charge >= 0.3 is 7.25 Å². The van der Waals surface area contributed by atoms with Crippen LogP contribution in [0.1, 0.15) is 0 Å². The van der Waals surface area contributed by atoms with Crippen molar-refractivity contribution < 1.29 is 22.1 Å². The summed E-state index contributed by atoms with van der Waals surface area (Å²) < 4.78 is 39.0. The van der Waals surface area contributed by atoms with Crippen LogP contribution >= 0.6 is 0 Å². The standard InChI is InChI=1S/C3H10OSi.BF4/c1-5(2,3)4;2-1(3,4)5/h4H,1-3H3;/q;-1. The topological polar surface area (TPSA) is 20.2 Å². The van der Waals surface area contributed by atoms with E-state index in [0.717, 1.165) is 0 Å². The molecule has 64 valence electrons. The lowest BCUT2D eigenvalue weighted by molar-refractivity contribution is 0.368. The third kappa shape index (κ3) is 265000. The third-order valence-electron chi connectivity index (χ3n) is 0. The van der Waals surface area contributed by atoms with Gasteiger partial charge in [-0.25, -0.2) is 0 Å². The Hall–Kier alpha value is -0.0382. The number of halogens is 4. The van der Waals surface area contributed by atoms with Crippen LogP contribution in [0.25, 0.3) is 0 Å². The SMILES string of the molecule is C[Si](C)(C)O.F[B-](F)(F)F. The van der Waals surface area contributed by atoms with Crippen LogP contribution in [0.3, 0.4) is 0 Å². The van der Waals surface area contributed by atoms with Gasteiger partial charge in [0.2, 0.25) is 0 Å². The predicted octanol–water partition coefficient (Wildman–Crippen LogP) is 2.11. The Balaban J connectivity index is 0. The molecule has 0 spiro atoms. The maximum Gasteiger partial charge on any atom is 0.673 e. The molecule has 7 heteroatoms. The van der Waals surface area contributed by atoms with E-state index < -0.39 is 15.6 Å². The number of rotatable bonds is 0. The Kier molecular flexibility index (Phi) is 5.01. The minimum absolute atomic E-state index is 1.61. The molecule has 0 heterocycles. The summed E-state index contributed by atoms with van der Waals surface area (Å²) in [4.78, 5) is 8.66. The summed E-state index contributed by atoms with van der Waals surface area (Å²) in [6, 6.07) is 0. The summed E-state index contributed by atoms with van der Waals surface area (Å²) in [7, 11) is -7.61. The van der Waals surface area contributed by atoms with Crippen molar-refractivity contribution >= 4 is 15.6 Å². The molecule has 0 aliphatic rings. The largest absolute Gasteiger partial charge is 0.673 e. The lowest BCUT2D eigenvalue weighted by Gasteiger charge is -2.00. The van der Waals surface area contributed by atoms with Crippen LogP contribution in [0.4, 0.5) is 17.3 Å². The van der Waals surface area contributed by atoms with E-state index in [1.54, 1.807) is 0 Å². The van der Waals surface area contributed by atoms with Gasteiger partial charge in [0, 0.05) is 0 Å². The first-order valence-corrected chi connectivity index (χ1v) is 6.04. The summed E-state index contributed by atoms with van der Waals surface area (Å²) in [5.41, 5.74) is 0. The highest BCUT2D eigenvalue weighted by Gasteiger charge is 2.20. The Bertz CT molecular complexity index is 63.5. The predicted molar refractivity (Wildman–Crippen MR) is 35.8 cm³/mol. The van der Waals surface area contributed by atoms with Gasteiger partial charge in [-0.1, -0.05) is 0 Å². The van der Waals surface area contributed by atoms with Crippen molar-refractivity contribution in [3.8, 4) is 0 Å². The Morgan fingerprint density at radius 3 is 1.00 bits per heavy atom. The van der Waals surface area contributed by atoms with Gasteiger partial charge in [-0.05, 0) is 19.6 Å². The van der Waals surface area contributed by atoms with Crippen molar-refractivity contribution in [1.82, 2.24) is 0 Å². The zero-order valence-corrected chi connectivity index (χ0v) is 7.04. The summed E-state index contributed by atoms with van der Waals surface area (Å²) in [5, 5.41) is 0. The van der Waals surface area contributed by atoms with E-state index in [4.69, 9.17) is 4.80 Å². The molecule has 0 aromatic heterocycles. The van der Waals surface area contributed by atoms with E-state index in [1.807, 2.05) is 19.6 Å². The van der Waals surface area contributed by atoms with Crippen molar-refractivity contribution in [3.05, 3.63) is 0 Å². The quantitative estimate of drug-likeness (QED) is 0.443. The molecule has 0 atom stereocenters. The van der Waals surface area contributed by atoms with Crippen LogP contribution in [-0.2, 0) is 0 Å². The molecular weight excluding hydrogens is 167 g/mol. The second-order valence-electron chi connectivity index (χ2n) is 2.67. The second-order valence-corrected chi connectivity index (χ2v) is 7.01. The highest BCUT2D eigenvalue weighted by atomic mass is 28.4. The Labute approximate surface area is 58.3 Å². The van der Waals surface area contributed by atoms with E-state index in [2.05, 4.69) is 0 Å². The van der Waals surface area contributed by atoms with Gasteiger partial charge in [0.25, 0.3) is 0 Å². The van der Waals surface area contributed by atoms with Crippen LogP contribution < -0.4 is 0 Å². The van der Waals surface area contributed by atoms with Gasteiger partial charge in [-0.2, -0.15) is 0 Å². The van der Waals surface area contributed by atoms with Gasteiger partial charge < -0.3 is 22.1 Å². The van der Waals surface area contributed by atoms with Crippen LogP contribution in [0, 0.1) is 0 Å². The lowest BCUT2D eigenvalue weighted by atomic mass is 10.3. The molecular formula is C3H10BF4OSi-. The van der Waals surface area contributed by atoms with Crippen molar-refractivity contribution in [2.24, 2.45) is 0 Å². The molecule has 0 bridgehead atoms. The Morgan fingerprint density at radius 1 is 1.00 bits per heavy atom. The molecule has 0 aromatic carbocycles. The maximum absolute atomic E-state index is 9.75. The van der Waals surface area contributed by atoms with Crippen LogP contribution in [-0.4, -0.2) is 20.4 Å². The lowest BCUT2D eigenvalue weighted by Crippen LogP contribution is -2.17. The molecule has 0 saturated heterocycles. The molecule has 0 rings (SSSR count). The zero-order chi connectivity index (χ0) is 9.00. The van der Waals surface area contributed by atoms with Crippen LogP contribution in [0.5, 0.6) is 0 Å². The van der Waals surface area contributed by atoms with Gasteiger partial charge in [-0.15, -0.1) is 0 Å². The van der Waals surface area contributed by atoms with Crippen molar-refractivity contribution in [2.75, 3.05) is 0 Å². The van der Waals surface area contributed by atoms with E-state index in [1.165, 1.54) is 0 Å². The first kappa shape index (κ1) is 12.6. The van der Waals surface area contributed by atoms with Crippen molar-refractivity contribution in [3.63, 3.8) is 0 Å². The molecule has 10 heavy (non-hydrogen) atoms. The smallest absolute Gasteiger partial charge is 0.433 e. The average molecular weight is 177 g/mol. The molecule has 0 fully saturated rings. The molecule has 0 radical (unpaired) electrons. The van der Waals surface area contributed by atoms with E-state index in [-0.39, 0.29) is 0 Å². The van der Waals surface area contributed by atoms with Gasteiger partial charge in [-0.3, -0.25) is 0 Å². The van der Waals surface area contributed by atoms with Crippen molar-refractivity contribution in [1.29, 1.82) is 0 Å². The van der Waals surface area contributed by atoms with Crippen molar-refractivity contribution in [2.45, 2.75) is 19.6 Å². The normalized spacial score (nSPS) is 12.0. The molecule has 0 aromatic rings. The first-order valence-electron chi connectivity index (χ1n) is 2.60. The monoisotopic (exact) mass is 177 g/mol. The van der Waals surface area contributed by atoms with Gasteiger partial charge in [0.05, 0.1) is 0 Å². The maximum atomic E-state index is 9.75. The molecule has 1 N–H and O–H groups in total. The summed E-state index contributed by atoms with van der Waals surface area (Å²) in [6.07, 6.45) is 0. The third-order valence-corrected chi connectivity index (χ3v) is 0. The minimum Gasteiger partial charge on any atom is -0.433 e. The number of hydrogen-bond donors (Lipinski definition) is 1. The molecule has 1 nitrogen and oxygen atoms in total. The summed E-state index contributed by atoms with van der Waals surface area (Å²) >= 11 is 0. The molecule has 0 amide bonds. The van der Waals surface area contributed by atoms with Gasteiger partial charge in [0.15, 0.2) is 8.32 Å². The highest BCUT2D eigenvalue weighted by Crippen LogP contribution is 2.06. The Morgan fingerprint density at radius 2 is 1.00 bits per heavy atom. The van der Waals surface area contributed by atoms with E-state index in [0.29, 0.717) is 0 Å². The van der Waals surface area contributed by atoms with Gasteiger partial charge in [0.1, 0.15) is 0 Å². The van der Waals surface area contributed by atoms with E-state index in [9.17, 15) is 17.3 Å². The first-order chi connectivity index (χ1) is 4.00. The summed E-state index contributed by atoms with van der Waals surface area (Å²) in [5.74, 6) is 0. The molecule has 0 unspecified atom stereocenters. The van der Waals surface area contributed by atoms with Crippen LogP contribution in [0.2, 0.25) is 19.6 Å². The highest BCUT2D eigenvalue weighted by molar-refractivity contribution is 6.68. The van der Waals surface area contributed by atoms with E-state index >= 15 is 0 Å². The van der Waals surface area contributed by atoms with Crippen LogP contribution in [0.15, 0.2) is 0 Å². The molecule has 0 saturated carbocycles. The second kappa shape index (κ2) is 3.97. The average Bonchev–Trinajstić information content (AvgIpc) is 1.12. The fraction of sp³-hybridized carbons (Fsp3) is 1.00. The minimum atomic E-state index is -6.00.